The molecule has 8 aromatic rings. The van der Waals surface area contributed by atoms with Gasteiger partial charge in [-0.3, -0.25) is 4.90 Å². The lowest BCUT2D eigenvalue weighted by Crippen LogP contribution is -2.25. The van der Waals surface area contributed by atoms with Gasteiger partial charge in [-0.15, -0.1) is 0 Å². The van der Waals surface area contributed by atoms with E-state index < -0.39 is 9.84 Å². The summed E-state index contributed by atoms with van der Waals surface area (Å²) in [6.07, 6.45) is 0. The molecule has 2 aliphatic rings. The van der Waals surface area contributed by atoms with Gasteiger partial charge in [0, 0.05) is 27.8 Å². The standard InChI is InChI=1S/C43H27N5O2S/c49-51(50)37-25-11-10-23-33(37)47(31-20-8-3-9-21-31)36-27-26-35-39(40(36)51)32-22-12-18-28-19-13-24-34(38(28)32)48(35)43-45-41(29-14-4-1-5-15-29)44-42(46-43)30-16-6-2-7-17-30/h1-27H. The van der Waals surface area contributed by atoms with Crippen LogP contribution in [0, 0.1) is 0 Å². The fourth-order valence-corrected chi connectivity index (χ4v) is 9.21. The molecule has 0 saturated carbocycles. The third-order valence-corrected chi connectivity index (χ3v) is 11.4. The normalized spacial score (nSPS) is 13.7. The smallest absolute Gasteiger partial charge is 0.238 e. The van der Waals surface area contributed by atoms with Gasteiger partial charge in [0.05, 0.1) is 27.6 Å². The number of anilines is 6. The van der Waals surface area contributed by atoms with Crippen molar-refractivity contribution in [3.8, 4) is 33.9 Å². The van der Waals surface area contributed by atoms with E-state index in [2.05, 4.69) is 12.1 Å². The van der Waals surface area contributed by atoms with Gasteiger partial charge in [-0.25, -0.2) is 13.4 Å². The van der Waals surface area contributed by atoms with Crippen LogP contribution in [-0.2, 0) is 9.84 Å². The minimum absolute atomic E-state index is 0.246. The van der Waals surface area contributed by atoms with E-state index in [0.29, 0.717) is 40.2 Å². The highest BCUT2D eigenvalue weighted by Gasteiger charge is 2.41. The third-order valence-electron chi connectivity index (χ3n) is 9.56. The molecule has 0 aliphatic carbocycles. The maximum Gasteiger partial charge on any atom is 0.238 e. The molecule has 0 fully saturated rings. The Morgan fingerprint density at radius 3 is 1.71 bits per heavy atom. The molecule has 242 valence electrons. The molecule has 51 heavy (non-hydrogen) atoms. The summed E-state index contributed by atoms with van der Waals surface area (Å²) in [5, 5.41) is 1.90. The molecule has 7 nitrogen and oxygen atoms in total. The predicted molar refractivity (Wildman–Crippen MR) is 202 cm³/mol. The number of benzene rings is 7. The number of hydrogen-bond donors (Lipinski definition) is 0. The third kappa shape index (κ3) is 4.43. The quantitative estimate of drug-likeness (QED) is 0.183. The zero-order valence-corrected chi connectivity index (χ0v) is 27.9. The summed E-state index contributed by atoms with van der Waals surface area (Å²) in [5.41, 5.74) is 6.71. The number of fused-ring (bicyclic) bond motifs is 5. The first kappa shape index (κ1) is 29.3. The van der Waals surface area contributed by atoms with Gasteiger partial charge in [0.1, 0.15) is 4.90 Å². The molecule has 0 spiro atoms. The molecule has 0 amide bonds. The fraction of sp³-hybridized carbons (Fsp3) is 0. The number of hydrogen-bond acceptors (Lipinski definition) is 7. The van der Waals surface area contributed by atoms with Gasteiger partial charge in [0.15, 0.2) is 11.6 Å². The van der Waals surface area contributed by atoms with Crippen LogP contribution in [0.4, 0.5) is 34.4 Å². The van der Waals surface area contributed by atoms with E-state index in [1.54, 1.807) is 12.1 Å². The van der Waals surface area contributed by atoms with E-state index >= 15 is 8.42 Å². The van der Waals surface area contributed by atoms with Crippen LogP contribution in [0.2, 0.25) is 0 Å². The second-order valence-corrected chi connectivity index (χ2v) is 14.3. The molecule has 7 aromatic carbocycles. The second-order valence-electron chi connectivity index (χ2n) is 12.5. The predicted octanol–water partition coefficient (Wildman–Crippen LogP) is 10.4. The van der Waals surface area contributed by atoms with Crippen LogP contribution in [0.15, 0.2) is 174 Å². The van der Waals surface area contributed by atoms with Crippen molar-refractivity contribution in [1.82, 2.24) is 15.0 Å². The molecular weight excluding hydrogens is 651 g/mol. The van der Waals surface area contributed by atoms with Crippen LogP contribution in [0.1, 0.15) is 0 Å². The van der Waals surface area contributed by atoms with E-state index in [0.717, 1.165) is 38.8 Å². The van der Waals surface area contributed by atoms with Crippen LogP contribution in [0.5, 0.6) is 0 Å². The van der Waals surface area contributed by atoms with E-state index in [9.17, 15) is 0 Å². The molecule has 0 unspecified atom stereocenters. The summed E-state index contributed by atoms with van der Waals surface area (Å²) in [7, 11) is -4.01. The molecule has 0 bridgehead atoms. The zero-order chi connectivity index (χ0) is 34.1. The molecule has 0 atom stereocenters. The van der Waals surface area contributed by atoms with Gasteiger partial charge in [0.2, 0.25) is 15.8 Å². The van der Waals surface area contributed by atoms with Gasteiger partial charge in [-0.1, -0.05) is 121 Å². The average Bonchev–Trinajstić information content (AvgIpc) is 3.19. The Balaban J connectivity index is 1.32. The second kappa shape index (κ2) is 11.2. The van der Waals surface area contributed by atoms with Gasteiger partial charge in [0.25, 0.3) is 0 Å². The summed E-state index contributed by atoms with van der Waals surface area (Å²) >= 11 is 0. The van der Waals surface area contributed by atoms with Crippen molar-refractivity contribution in [1.29, 1.82) is 0 Å². The molecule has 3 heterocycles. The minimum atomic E-state index is -4.01. The largest absolute Gasteiger partial charge is 0.308 e. The van der Waals surface area contributed by atoms with E-state index in [4.69, 9.17) is 15.0 Å². The number of rotatable bonds is 4. The summed E-state index contributed by atoms with van der Waals surface area (Å²) in [4.78, 5) is 19.7. The van der Waals surface area contributed by atoms with Gasteiger partial charge in [-0.05, 0) is 53.4 Å². The van der Waals surface area contributed by atoms with Gasteiger partial charge < -0.3 is 4.90 Å². The zero-order valence-electron chi connectivity index (χ0n) is 27.0. The van der Waals surface area contributed by atoms with Crippen LogP contribution in [-0.4, -0.2) is 23.4 Å². The molecule has 0 N–H and O–H groups in total. The summed E-state index contributed by atoms with van der Waals surface area (Å²) in [6.45, 7) is 0. The van der Waals surface area contributed by atoms with Crippen LogP contribution < -0.4 is 9.80 Å². The molecule has 0 radical (unpaired) electrons. The SMILES string of the molecule is O=S1(=O)c2ccccc2N(c2ccccc2)c2ccc3c(c21)-c1cccc2cccc(c12)N3c1nc(-c2ccccc2)nc(-c2ccccc2)n1. The highest BCUT2D eigenvalue weighted by molar-refractivity contribution is 7.92. The Hall–Kier alpha value is -6.64. The highest BCUT2D eigenvalue weighted by atomic mass is 32.2. The van der Waals surface area contributed by atoms with E-state index in [-0.39, 0.29) is 9.79 Å². The first-order valence-electron chi connectivity index (χ1n) is 16.6. The fourth-order valence-electron chi connectivity index (χ4n) is 7.38. The topological polar surface area (TPSA) is 79.3 Å². The number of nitrogens with zero attached hydrogens (tertiary/aromatic N) is 5. The lowest BCUT2D eigenvalue weighted by Gasteiger charge is -2.38. The van der Waals surface area contributed by atoms with Gasteiger partial charge >= 0.3 is 0 Å². The van der Waals surface area contributed by atoms with Crippen molar-refractivity contribution in [3.05, 3.63) is 164 Å². The Labute approximate surface area is 294 Å². The Kier molecular flexibility index (Phi) is 6.43. The molecule has 2 aliphatic heterocycles. The Morgan fingerprint density at radius 1 is 0.451 bits per heavy atom. The number of sulfone groups is 1. The van der Waals surface area contributed by atoms with Crippen LogP contribution in [0.3, 0.4) is 0 Å². The monoisotopic (exact) mass is 677 g/mol. The van der Waals surface area contributed by atoms with E-state index in [1.165, 1.54) is 0 Å². The maximum atomic E-state index is 15.0. The number of aromatic nitrogens is 3. The summed E-state index contributed by atoms with van der Waals surface area (Å²) < 4.78 is 30.0. The molecule has 0 saturated heterocycles. The van der Waals surface area contributed by atoms with Crippen molar-refractivity contribution >= 4 is 55.0 Å². The maximum absolute atomic E-state index is 15.0. The molecule has 10 rings (SSSR count). The molecular formula is C43H27N5O2S. The first-order chi connectivity index (χ1) is 25.1. The van der Waals surface area contributed by atoms with Crippen molar-refractivity contribution in [2.24, 2.45) is 0 Å². The Bertz CT molecular complexity index is 2710. The van der Waals surface area contributed by atoms with Crippen molar-refractivity contribution in [2.45, 2.75) is 9.79 Å². The average molecular weight is 678 g/mol. The molecule has 1 aromatic heterocycles. The van der Waals surface area contributed by atoms with Crippen molar-refractivity contribution in [3.63, 3.8) is 0 Å². The lowest BCUT2D eigenvalue weighted by atomic mass is 9.90. The minimum Gasteiger partial charge on any atom is -0.308 e. The Morgan fingerprint density at radius 2 is 1.02 bits per heavy atom. The first-order valence-corrected chi connectivity index (χ1v) is 18.1. The lowest BCUT2D eigenvalue weighted by molar-refractivity contribution is 0.595. The van der Waals surface area contributed by atoms with Gasteiger partial charge in [-0.2, -0.15) is 9.97 Å². The van der Waals surface area contributed by atoms with Crippen molar-refractivity contribution < 1.29 is 8.42 Å². The number of para-hydroxylation sites is 2. The van der Waals surface area contributed by atoms with Crippen LogP contribution >= 0.6 is 0 Å². The van der Waals surface area contributed by atoms with Crippen molar-refractivity contribution in [2.75, 3.05) is 9.80 Å². The summed E-state index contributed by atoms with van der Waals surface area (Å²) in [5.74, 6) is 1.42. The molecule has 8 heteroatoms. The van der Waals surface area contributed by atoms with E-state index in [1.807, 2.05) is 149 Å². The summed E-state index contributed by atoms with van der Waals surface area (Å²) in [6, 6.07) is 52.9. The highest BCUT2D eigenvalue weighted by Crippen LogP contribution is 2.58. The van der Waals surface area contributed by atoms with Crippen LogP contribution in [0.25, 0.3) is 44.7 Å².